The van der Waals surface area contributed by atoms with E-state index >= 15 is 0 Å². The molecule has 0 aromatic carbocycles. The van der Waals surface area contributed by atoms with Crippen molar-refractivity contribution < 1.29 is 49.0 Å². The van der Waals surface area contributed by atoms with Crippen LogP contribution < -0.4 is 10.6 Å². The van der Waals surface area contributed by atoms with Crippen molar-refractivity contribution in [2.75, 3.05) is 52.7 Å². The molecule has 0 radical (unpaired) electrons. The second-order valence-electron chi connectivity index (χ2n) is 14.6. The molecule has 0 aliphatic carbocycles. The first-order chi connectivity index (χ1) is 23.6. The predicted octanol–water partition coefficient (Wildman–Crippen LogP) is -0.501. The lowest BCUT2D eigenvalue weighted by atomic mass is 9.81. The molecule has 50 heavy (non-hydrogen) atoms. The average molecular weight is 703 g/mol. The number of ether oxygens (including phenoxy) is 3. The van der Waals surface area contributed by atoms with Gasteiger partial charge in [-0.25, -0.2) is 9.78 Å². The van der Waals surface area contributed by atoms with Crippen LogP contribution in [0.4, 0.5) is 0 Å². The number of aliphatic hydroxyl groups is 3. The zero-order valence-corrected chi connectivity index (χ0v) is 29.1. The molecule has 2 aromatic heterocycles. The summed E-state index contributed by atoms with van der Waals surface area (Å²) in [6, 6.07) is 5.25. The van der Waals surface area contributed by atoms with E-state index in [1.54, 1.807) is 24.4 Å². The van der Waals surface area contributed by atoms with Gasteiger partial charge >= 0.3 is 5.97 Å². The molecule has 5 heterocycles. The number of aromatic nitrogens is 2. The Kier molecular flexibility index (Phi) is 11.7. The predicted molar refractivity (Wildman–Crippen MR) is 179 cm³/mol. The quantitative estimate of drug-likeness (QED) is 0.165. The number of likely N-dealkylation sites (tertiary alicyclic amines) is 1. The highest BCUT2D eigenvalue weighted by atomic mass is 16.6. The van der Waals surface area contributed by atoms with Crippen molar-refractivity contribution >= 4 is 28.8 Å². The number of carbonyl (C=O) groups excluding carboxylic acids is 2. The number of carbonyl (C=O) groups is 3. The van der Waals surface area contributed by atoms with Gasteiger partial charge < -0.3 is 45.3 Å². The monoisotopic (exact) mass is 702 g/mol. The Labute approximate surface area is 291 Å². The highest BCUT2D eigenvalue weighted by Gasteiger charge is 2.55. The molecule has 6 N–H and O–H groups in total. The van der Waals surface area contributed by atoms with Gasteiger partial charge in [-0.1, -0.05) is 0 Å². The fourth-order valence-electron chi connectivity index (χ4n) is 7.02. The minimum Gasteiger partial charge on any atom is -0.479 e. The normalized spacial score (nSPS) is 29.1. The second kappa shape index (κ2) is 15.5. The molecule has 0 bridgehead atoms. The van der Waals surface area contributed by atoms with Crippen molar-refractivity contribution in [3.63, 3.8) is 0 Å². The van der Waals surface area contributed by atoms with Gasteiger partial charge in [0.15, 0.2) is 5.60 Å². The molecule has 5 rings (SSSR count). The van der Waals surface area contributed by atoms with Crippen molar-refractivity contribution in [2.24, 2.45) is 0 Å². The number of nitrogens with zero attached hydrogens (tertiary/aromatic N) is 4. The third kappa shape index (κ3) is 8.74. The van der Waals surface area contributed by atoms with Gasteiger partial charge in [0, 0.05) is 58.7 Å². The van der Waals surface area contributed by atoms with Crippen LogP contribution >= 0.6 is 0 Å². The van der Waals surface area contributed by atoms with Gasteiger partial charge in [-0.3, -0.25) is 24.4 Å². The van der Waals surface area contributed by atoms with Gasteiger partial charge in [0.25, 0.3) is 5.91 Å². The fraction of sp³-hybridized carbons (Fsp3) is 0.676. The third-order valence-corrected chi connectivity index (χ3v) is 9.74. The van der Waals surface area contributed by atoms with E-state index in [2.05, 4.69) is 30.4 Å². The molecular weight excluding hydrogens is 652 g/mol. The lowest BCUT2D eigenvalue weighted by Gasteiger charge is -2.49. The Morgan fingerprint density at radius 2 is 1.94 bits per heavy atom. The summed E-state index contributed by atoms with van der Waals surface area (Å²) in [5, 5.41) is 49.3. The summed E-state index contributed by atoms with van der Waals surface area (Å²) in [6.45, 7) is 10.4. The number of carboxylic acids is 1. The Hall–Kier alpha value is -3.35. The Bertz CT molecular complexity index is 1520. The minimum absolute atomic E-state index is 0.0506. The van der Waals surface area contributed by atoms with Gasteiger partial charge in [-0.15, -0.1) is 0 Å². The van der Waals surface area contributed by atoms with Crippen LogP contribution in [0.15, 0.2) is 30.5 Å². The van der Waals surface area contributed by atoms with Crippen LogP contribution in [0, 0.1) is 0 Å². The summed E-state index contributed by atoms with van der Waals surface area (Å²) in [5.41, 5.74) is -1.47. The molecule has 16 heteroatoms. The van der Waals surface area contributed by atoms with Gasteiger partial charge in [0.05, 0.1) is 60.4 Å². The molecule has 16 nitrogen and oxygen atoms in total. The molecular formula is C34H50N6O10. The number of aliphatic hydroxyl groups excluding tert-OH is 3. The largest absolute Gasteiger partial charge is 0.479 e. The number of morpholine rings is 1. The highest BCUT2D eigenvalue weighted by Crippen LogP contribution is 2.37. The van der Waals surface area contributed by atoms with E-state index in [9.17, 15) is 34.8 Å². The van der Waals surface area contributed by atoms with E-state index in [1.165, 1.54) is 13.0 Å². The first kappa shape index (κ1) is 37.9. The Morgan fingerprint density at radius 3 is 2.66 bits per heavy atom. The molecule has 1 spiro atoms. The minimum atomic E-state index is -1.96. The van der Waals surface area contributed by atoms with Gasteiger partial charge in [-0.2, -0.15) is 0 Å². The molecule has 3 aliphatic heterocycles. The molecule has 3 saturated heterocycles. The summed E-state index contributed by atoms with van der Waals surface area (Å²) < 4.78 is 18.1. The third-order valence-electron chi connectivity index (χ3n) is 9.74. The summed E-state index contributed by atoms with van der Waals surface area (Å²) in [4.78, 5) is 50.8. The van der Waals surface area contributed by atoms with E-state index in [0.29, 0.717) is 44.1 Å². The summed E-state index contributed by atoms with van der Waals surface area (Å²) in [7, 11) is 0. The van der Waals surface area contributed by atoms with E-state index < -0.39 is 60.4 Å². The smallest absolute Gasteiger partial charge is 0.336 e. The molecule has 3 fully saturated rings. The molecule has 2 aromatic rings. The maximum absolute atomic E-state index is 13.0. The van der Waals surface area contributed by atoms with Crippen molar-refractivity contribution in [1.82, 2.24) is 30.4 Å². The molecule has 0 saturated carbocycles. The number of pyridine rings is 2. The topological polar surface area (TPSA) is 216 Å². The van der Waals surface area contributed by atoms with Crippen molar-refractivity contribution in [2.45, 2.75) is 94.2 Å². The van der Waals surface area contributed by atoms with Gasteiger partial charge in [0.1, 0.15) is 17.9 Å². The average Bonchev–Trinajstić information content (AvgIpc) is 3.48. The van der Waals surface area contributed by atoms with Crippen LogP contribution in [0.2, 0.25) is 0 Å². The summed E-state index contributed by atoms with van der Waals surface area (Å²) in [5.74, 6) is -2.52. The van der Waals surface area contributed by atoms with Crippen molar-refractivity contribution in [1.29, 1.82) is 0 Å². The number of carboxylic acid groups (broad SMARTS) is 1. The first-order valence-electron chi connectivity index (χ1n) is 17.0. The number of nitrogens with one attached hydrogen (secondary N) is 2. The van der Waals surface area contributed by atoms with Crippen molar-refractivity contribution in [3.8, 4) is 0 Å². The van der Waals surface area contributed by atoms with Crippen LogP contribution in [0.5, 0.6) is 0 Å². The number of amides is 2. The SMILES string of the molecule is CC(=O)N[C@H]1[C@H]([C@H](O)[C@H](O)CNC(=O)c2ccc3ncccc3n2)O[C@@](CCN2CCOC[C@]23CCN(COC(C)(C)C)C3)(C(=O)O)C[C@@H]1O. The zero-order chi connectivity index (χ0) is 36.3. The lowest BCUT2D eigenvalue weighted by Crippen LogP contribution is -2.68. The highest BCUT2D eigenvalue weighted by molar-refractivity contribution is 5.94. The molecule has 276 valence electrons. The van der Waals surface area contributed by atoms with E-state index in [-0.39, 0.29) is 36.2 Å². The van der Waals surface area contributed by atoms with E-state index in [1.807, 2.05) is 20.8 Å². The summed E-state index contributed by atoms with van der Waals surface area (Å²) >= 11 is 0. The Balaban J connectivity index is 1.28. The molecule has 3 aliphatic rings. The lowest BCUT2D eigenvalue weighted by molar-refractivity contribution is -0.231. The number of aliphatic carboxylic acids is 1. The zero-order valence-electron chi connectivity index (χ0n) is 29.1. The number of hydrogen-bond acceptors (Lipinski definition) is 13. The van der Waals surface area contributed by atoms with E-state index in [4.69, 9.17) is 14.2 Å². The van der Waals surface area contributed by atoms with Crippen LogP contribution in [-0.4, -0.2) is 158 Å². The standard InChI is InChI=1S/C34H50N6O10/c1-21(41)37-27-25(42)16-34(31(46)47,10-13-40-14-15-48-19-33(40)9-12-39(18-33)20-49-32(2,3)4)50-29(27)28(44)26(43)17-36-30(45)24-8-7-22-23(38-24)6-5-11-35-22/h5-8,11,25-29,42-44H,9-10,12-20H2,1-4H3,(H,36,45)(H,37,41)(H,46,47)/t25-,26+,27+,28+,29+,33+,34+/m0/s1. The van der Waals surface area contributed by atoms with Crippen LogP contribution in [0.1, 0.15) is 57.4 Å². The molecule has 2 amide bonds. The Morgan fingerprint density at radius 1 is 1.16 bits per heavy atom. The number of hydrogen-bond donors (Lipinski definition) is 6. The van der Waals surface area contributed by atoms with Crippen LogP contribution in [0.25, 0.3) is 11.0 Å². The maximum atomic E-state index is 13.0. The second-order valence-corrected chi connectivity index (χ2v) is 14.6. The number of fused-ring (bicyclic) bond motifs is 1. The number of rotatable bonds is 12. The maximum Gasteiger partial charge on any atom is 0.336 e. The van der Waals surface area contributed by atoms with Crippen molar-refractivity contribution in [3.05, 3.63) is 36.2 Å². The molecule has 7 atom stereocenters. The van der Waals surface area contributed by atoms with Crippen LogP contribution in [0.3, 0.4) is 0 Å². The summed E-state index contributed by atoms with van der Waals surface area (Å²) in [6.07, 6.45) is -4.47. The van der Waals surface area contributed by atoms with Gasteiger partial charge in [0.2, 0.25) is 5.91 Å². The van der Waals surface area contributed by atoms with Crippen LogP contribution in [-0.2, 0) is 23.8 Å². The fourth-order valence-corrected chi connectivity index (χ4v) is 7.02. The first-order valence-corrected chi connectivity index (χ1v) is 17.0. The van der Waals surface area contributed by atoms with E-state index in [0.717, 1.165) is 13.0 Å². The van der Waals surface area contributed by atoms with Gasteiger partial charge in [-0.05, 0) is 51.5 Å². The molecule has 0 unspecified atom stereocenters.